The van der Waals surface area contributed by atoms with Crippen molar-refractivity contribution in [2.24, 2.45) is 0 Å². The zero-order valence-electron chi connectivity index (χ0n) is 15.8. The van der Waals surface area contributed by atoms with Gasteiger partial charge in [0, 0.05) is 30.4 Å². The van der Waals surface area contributed by atoms with Crippen molar-refractivity contribution in [3.05, 3.63) is 58.9 Å². The van der Waals surface area contributed by atoms with Gasteiger partial charge in [-0.1, -0.05) is 18.2 Å². The lowest BCUT2D eigenvalue weighted by atomic mass is 10.0. The topological polar surface area (TPSA) is 87.2 Å². The van der Waals surface area contributed by atoms with Crippen molar-refractivity contribution < 1.29 is 9.59 Å². The molecule has 0 saturated carbocycles. The summed E-state index contributed by atoms with van der Waals surface area (Å²) in [5, 5.41) is 6.50. The molecule has 2 aromatic rings. The van der Waals surface area contributed by atoms with E-state index in [4.69, 9.17) is 11.6 Å². The summed E-state index contributed by atoms with van der Waals surface area (Å²) < 4.78 is 0. The van der Waals surface area contributed by atoms with Crippen molar-refractivity contribution in [1.29, 1.82) is 0 Å². The lowest BCUT2D eigenvalue weighted by molar-refractivity contribution is -0.111. The molecule has 7 nitrogen and oxygen atoms in total. The molecule has 28 heavy (non-hydrogen) atoms. The van der Waals surface area contributed by atoms with E-state index in [-0.39, 0.29) is 17.9 Å². The highest BCUT2D eigenvalue weighted by Gasteiger charge is 2.28. The van der Waals surface area contributed by atoms with Crippen molar-refractivity contribution in [3.8, 4) is 0 Å². The van der Waals surface area contributed by atoms with E-state index >= 15 is 0 Å². The van der Waals surface area contributed by atoms with E-state index in [1.165, 1.54) is 18.5 Å². The van der Waals surface area contributed by atoms with Crippen LogP contribution in [0.25, 0.3) is 0 Å². The molecule has 1 aromatic heterocycles. The van der Waals surface area contributed by atoms with Crippen LogP contribution < -0.4 is 10.6 Å². The van der Waals surface area contributed by atoms with Crippen LogP contribution in [0, 0.1) is 13.8 Å². The summed E-state index contributed by atoms with van der Waals surface area (Å²) >= 11 is 5.80. The number of hydrogen-bond donors (Lipinski definition) is 2. The number of aromatic nitrogens is 2. The van der Waals surface area contributed by atoms with Crippen LogP contribution in [-0.2, 0) is 4.79 Å². The zero-order chi connectivity index (χ0) is 20.3. The molecule has 3 rings (SSSR count). The zero-order valence-corrected chi connectivity index (χ0v) is 16.6. The monoisotopic (exact) mass is 399 g/mol. The number of hydrogen-bond acceptors (Lipinski definition) is 5. The maximum atomic E-state index is 12.9. The molecule has 1 aromatic carbocycles. The first kappa shape index (κ1) is 19.8. The van der Waals surface area contributed by atoms with Gasteiger partial charge in [0.15, 0.2) is 0 Å². The summed E-state index contributed by atoms with van der Waals surface area (Å²) in [6.07, 6.45) is 5.10. The second kappa shape index (κ2) is 8.39. The molecule has 2 amide bonds. The molecule has 0 unspecified atom stereocenters. The molecule has 0 aliphatic carbocycles. The predicted molar refractivity (Wildman–Crippen MR) is 110 cm³/mol. The Labute approximate surface area is 168 Å². The van der Waals surface area contributed by atoms with Crippen LogP contribution in [0.4, 0.5) is 11.6 Å². The molecule has 1 aliphatic heterocycles. The lowest BCUT2D eigenvalue weighted by Gasteiger charge is -2.19. The summed E-state index contributed by atoms with van der Waals surface area (Å²) in [4.78, 5) is 34.6. The van der Waals surface area contributed by atoms with Crippen LogP contribution in [0.3, 0.4) is 0 Å². The van der Waals surface area contributed by atoms with E-state index in [1.807, 2.05) is 18.7 Å². The Hall–Kier alpha value is -2.93. The quantitative estimate of drug-likeness (QED) is 0.754. The molecule has 2 heterocycles. The summed E-state index contributed by atoms with van der Waals surface area (Å²) in [7, 11) is 0. The van der Waals surface area contributed by atoms with Crippen LogP contribution in [0.5, 0.6) is 0 Å². The summed E-state index contributed by atoms with van der Waals surface area (Å²) in [5.74, 6) is 0.190. The number of amides is 2. The average Bonchev–Trinajstić information content (AvgIpc) is 3.14. The normalized spacial score (nSPS) is 16.0. The highest BCUT2D eigenvalue weighted by molar-refractivity contribution is 6.30. The SMILES string of the molecule is C=CC(=O)Nc1c(C)cc(C(=O)N2CC[C@H](Nc3ncc(Cl)cn3)C2)cc1C. The van der Waals surface area contributed by atoms with Crippen molar-refractivity contribution in [2.75, 3.05) is 23.7 Å². The summed E-state index contributed by atoms with van der Waals surface area (Å²) in [6.45, 7) is 8.42. The van der Waals surface area contributed by atoms with Crippen molar-refractivity contribution in [3.63, 3.8) is 0 Å². The molecule has 146 valence electrons. The van der Waals surface area contributed by atoms with E-state index in [0.29, 0.717) is 35.3 Å². The van der Waals surface area contributed by atoms with Gasteiger partial charge in [0.1, 0.15) is 0 Å². The molecule has 1 saturated heterocycles. The highest BCUT2D eigenvalue weighted by Crippen LogP contribution is 2.24. The van der Waals surface area contributed by atoms with E-state index < -0.39 is 0 Å². The number of aryl methyl sites for hydroxylation is 2. The number of carbonyl (C=O) groups excluding carboxylic acids is 2. The van der Waals surface area contributed by atoms with Crippen molar-refractivity contribution in [2.45, 2.75) is 26.3 Å². The number of anilines is 2. The van der Waals surface area contributed by atoms with Crippen molar-refractivity contribution >= 4 is 35.1 Å². The summed E-state index contributed by atoms with van der Waals surface area (Å²) in [5.41, 5.74) is 2.99. The third-order valence-corrected chi connectivity index (χ3v) is 4.84. The third-order valence-electron chi connectivity index (χ3n) is 4.64. The van der Waals surface area contributed by atoms with Crippen LogP contribution in [0.2, 0.25) is 5.02 Å². The van der Waals surface area contributed by atoms with Gasteiger partial charge in [-0.2, -0.15) is 0 Å². The van der Waals surface area contributed by atoms with Gasteiger partial charge < -0.3 is 15.5 Å². The van der Waals surface area contributed by atoms with Crippen LogP contribution in [0.15, 0.2) is 37.2 Å². The average molecular weight is 400 g/mol. The minimum atomic E-state index is -0.275. The van der Waals surface area contributed by atoms with Crippen molar-refractivity contribution in [1.82, 2.24) is 14.9 Å². The minimum absolute atomic E-state index is 0.0332. The molecular formula is C20H22ClN5O2. The fourth-order valence-corrected chi connectivity index (χ4v) is 3.37. The third kappa shape index (κ3) is 4.48. The van der Waals surface area contributed by atoms with Gasteiger partial charge >= 0.3 is 0 Å². The van der Waals surface area contributed by atoms with E-state index in [0.717, 1.165) is 17.5 Å². The standard InChI is InChI=1S/C20H22ClN5O2/c1-4-17(27)25-18-12(2)7-14(8-13(18)3)19(28)26-6-5-16(11-26)24-20-22-9-15(21)10-23-20/h4,7-10,16H,1,5-6,11H2,2-3H3,(H,25,27)(H,22,23,24)/t16-/m0/s1. The molecule has 1 aliphatic rings. The van der Waals surface area contributed by atoms with Gasteiger partial charge in [-0.05, 0) is 49.6 Å². The molecule has 0 spiro atoms. The Balaban J connectivity index is 1.68. The predicted octanol–water partition coefficient (Wildman–Crippen LogP) is 3.20. The second-order valence-corrected chi connectivity index (χ2v) is 7.22. The minimum Gasteiger partial charge on any atom is -0.350 e. The van der Waals surface area contributed by atoms with Gasteiger partial charge in [0.25, 0.3) is 5.91 Å². The van der Waals surface area contributed by atoms with E-state index in [9.17, 15) is 9.59 Å². The van der Waals surface area contributed by atoms with Crippen LogP contribution in [0.1, 0.15) is 27.9 Å². The van der Waals surface area contributed by atoms with Crippen LogP contribution >= 0.6 is 11.6 Å². The maximum Gasteiger partial charge on any atom is 0.253 e. The molecule has 2 N–H and O–H groups in total. The molecule has 1 fully saturated rings. The number of carbonyl (C=O) groups is 2. The first-order chi connectivity index (χ1) is 13.4. The second-order valence-electron chi connectivity index (χ2n) is 6.78. The Kier molecular flexibility index (Phi) is 5.94. The Morgan fingerprint density at radius 3 is 2.50 bits per heavy atom. The van der Waals surface area contributed by atoms with Crippen LogP contribution in [-0.4, -0.2) is 45.8 Å². The number of nitrogens with zero attached hydrogens (tertiary/aromatic N) is 3. The fraction of sp³-hybridized carbons (Fsp3) is 0.300. The van der Waals surface area contributed by atoms with Gasteiger partial charge in [0.05, 0.1) is 17.4 Å². The van der Waals surface area contributed by atoms with Gasteiger partial charge in [0.2, 0.25) is 11.9 Å². The number of rotatable bonds is 5. The Morgan fingerprint density at radius 2 is 1.89 bits per heavy atom. The van der Waals surface area contributed by atoms with E-state index in [1.54, 1.807) is 12.1 Å². The maximum absolute atomic E-state index is 12.9. The molecular weight excluding hydrogens is 378 g/mol. The number of nitrogens with one attached hydrogen (secondary N) is 2. The molecule has 8 heteroatoms. The van der Waals surface area contributed by atoms with E-state index in [2.05, 4.69) is 27.2 Å². The number of benzene rings is 1. The first-order valence-corrected chi connectivity index (χ1v) is 9.33. The molecule has 0 radical (unpaired) electrons. The first-order valence-electron chi connectivity index (χ1n) is 8.95. The fourth-order valence-electron chi connectivity index (χ4n) is 3.27. The number of halogens is 1. The Bertz CT molecular complexity index is 890. The largest absolute Gasteiger partial charge is 0.350 e. The van der Waals surface area contributed by atoms with Gasteiger partial charge in [-0.15, -0.1) is 0 Å². The van der Waals surface area contributed by atoms with Gasteiger partial charge in [-0.25, -0.2) is 9.97 Å². The Morgan fingerprint density at radius 1 is 1.25 bits per heavy atom. The number of likely N-dealkylation sites (tertiary alicyclic amines) is 1. The molecule has 0 bridgehead atoms. The van der Waals surface area contributed by atoms with Gasteiger partial charge in [-0.3, -0.25) is 9.59 Å². The lowest BCUT2D eigenvalue weighted by Crippen LogP contribution is -2.32. The summed E-state index contributed by atoms with van der Waals surface area (Å²) in [6, 6.07) is 3.69. The molecule has 1 atom stereocenters. The smallest absolute Gasteiger partial charge is 0.253 e. The highest BCUT2D eigenvalue weighted by atomic mass is 35.5.